The predicted molar refractivity (Wildman–Crippen MR) is 69.6 cm³/mol. The zero-order valence-electron chi connectivity index (χ0n) is 10.4. The highest BCUT2D eigenvalue weighted by Gasteiger charge is 2.24. The van der Waals surface area contributed by atoms with Crippen LogP contribution in [-0.2, 0) is 14.8 Å². The molecule has 19 heavy (non-hydrogen) atoms. The molecule has 1 saturated heterocycles. The summed E-state index contributed by atoms with van der Waals surface area (Å²) in [6.45, 7) is 0.768. The van der Waals surface area contributed by atoms with Crippen LogP contribution in [0.25, 0.3) is 0 Å². The van der Waals surface area contributed by atoms with Gasteiger partial charge in [0.1, 0.15) is 10.7 Å². The number of sulfonamides is 1. The van der Waals surface area contributed by atoms with E-state index >= 15 is 0 Å². The summed E-state index contributed by atoms with van der Waals surface area (Å²) < 4.78 is 45.4. The van der Waals surface area contributed by atoms with Crippen molar-refractivity contribution in [2.45, 2.75) is 30.3 Å². The van der Waals surface area contributed by atoms with Crippen molar-refractivity contribution < 1.29 is 17.5 Å². The molecule has 0 radical (unpaired) electrons. The van der Waals surface area contributed by atoms with Gasteiger partial charge in [0, 0.05) is 13.2 Å². The molecule has 0 bridgehead atoms. The lowest BCUT2D eigenvalue weighted by atomic mass is 10.1. The Balaban J connectivity index is 2.09. The molecular formula is C12H17FN2O3S. The van der Waals surface area contributed by atoms with E-state index in [0.717, 1.165) is 25.3 Å². The van der Waals surface area contributed by atoms with Crippen molar-refractivity contribution in [1.29, 1.82) is 0 Å². The number of benzene rings is 1. The molecule has 1 heterocycles. The molecule has 1 aromatic rings. The maximum atomic E-state index is 13.6. The van der Waals surface area contributed by atoms with E-state index in [-0.39, 0.29) is 18.3 Å². The topological polar surface area (TPSA) is 81.4 Å². The minimum Gasteiger partial charge on any atom is -0.398 e. The van der Waals surface area contributed by atoms with Crippen molar-refractivity contribution >= 4 is 15.7 Å². The third kappa shape index (κ3) is 3.43. The maximum absolute atomic E-state index is 13.6. The van der Waals surface area contributed by atoms with Crippen LogP contribution in [0.15, 0.2) is 23.1 Å². The van der Waals surface area contributed by atoms with E-state index in [1.54, 1.807) is 0 Å². The number of hydrogen-bond acceptors (Lipinski definition) is 4. The van der Waals surface area contributed by atoms with Gasteiger partial charge in [0.15, 0.2) is 0 Å². The van der Waals surface area contributed by atoms with Gasteiger partial charge in [-0.3, -0.25) is 0 Å². The van der Waals surface area contributed by atoms with Crippen molar-refractivity contribution in [2.75, 3.05) is 18.9 Å². The Hall–Kier alpha value is -1.18. The van der Waals surface area contributed by atoms with Crippen LogP contribution in [0.3, 0.4) is 0 Å². The highest BCUT2D eigenvalue weighted by atomic mass is 32.2. The number of hydrogen-bond donors (Lipinski definition) is 2. The average Bonchev–Trinajstić information content (AvgIpc) is 2.37. The zero-order chi connectivity index (χ0) is 13.9. The quantitative estimate of drug-likeness (QED) is 0.817. The number of halogens is 1. The van der Waals surface area contributed by atoms with Crippen LogP contribution in [0.2, 0.25) is 0 Å². The van der Waals surface area contributed by atoms with E-state index in [1.807, 2.05) is 0 Å². The minimum atomic E-state index is -3.95. The average molecular weight is 288 g/mol. The molecule has 0 aromatic heterocycles. The predicted octanol–water partition coefficient (Wildman–Crippen LogP) is 1.26. The Morgan fingerprint density at radius 1 is 1.42 bits per heavy atom. The largest absolute Gasteiger partial charge is 0.398 e. The molecule has 0 saturated carbocycles. The van der Waals surface area contributed by atoms with Crippen LogP contribution in [0.4, 0.5) is 10.1 Å². The number of nitrogen functional groups attached to an aromatic ring is 1. The monoisotopic (exact) mass is 288 g/mol. The van der Waals surface area contributed by atoms with Gasteiger partial charge in [0.25, 0.3) is 0 Å². The zero-order valence-corrected chi connectivity index (χ0v) is 11.2. The molecule has 1 aliphatic rings. The number of anilines is 1. The van der Waals surface area contributed by atoms with E-state index in [9.17, 15) is 12.8 Å². The van der Waals surface area contributed by atoms with Crippen molar-refractivity contribution in [3.8, 4) is 0 Å². The van der Waals surface area contributed by atoms with Crippen LogP contribution < -0.4 is 10.5 Å². The maximum Gasteiger partial charge on any atom is 0.245 e. The van der Waals surface area contributed by atoms with Crippen LogP contribution in [0.1, 0.15) is 19.3 Å². The first kappa shape index (κ1) is 14.2. The van der Waals surface area contributed by atoms with Crippen molar-refractivity contribution in [1.82, 2.24) is 4.72 Å². The van der Waals surface area contributed by atoms with Gasteiger partial charge in [-0.1, -0.05) is 6.07 Å². The van der Waals surface area contributed by atoms with Crippen molar-refractivity contribution in [3.05, 3.63) is 24.0 Å². The fourth-order valence-corrected chi connectivity index (χ4v) is 3.31. The molecule has 0 spiro atoms. The van der Waals surface area contributed by atoms with Crippen molar-refractivity contribution in [2.24, 2.45) is 0 Å². The van der Waals surface area contributed by atoms with Gasteiger partial charge in [0.2, 0.25) is 10.0 Å². The van der Waals surface area contributed by atoms with E-state index in [1.165, 1.54) is 12.1 Å². The molecule has 106 valence electrons. The smallest absolute Gasteiger partial charge is 0.245 e. The fraction of sp³-hybridized carbons (Fsp3) is 0.500. The summed E-state index contributed by atoms with van der Waals surface area (Å²) in [5.74, 6) is -0.850. The second-order valence-corrected chi connectivity index (χ2v) is 6.20. The van der Waals surface area contributed by atoms with Crippen LogP contribution in [0.5, 0.6) is 0 Å². The van der Waals surface area contributed by atoms with Gasteiger partial charge >= 0.3 is 0 Å². The lowest BCUT2D eigenvalue weighted by molar-refractivity contribution is 0.0200. The van der Waals surface area contributed by atoms with Crippen LogP contribution >= 0.6 is 0 Å². The SMILES string of the molecule is Nc1cccc(F)c1S(=O)(=O)NCC1CCCCO1. The van der Waals surface area contributed by atoms with Crippen LogP contribution in [-0.4, -0.2) is 27.7 Å². The molecule has 0 aliphatic carbocycles. The Bertz CT molecular complexity index is 522. The third-order valence-corrected chi connectivity index (χ3v) is 4.56. The third-order valence-electron chi connectivity index (χ3n) is 3.04. The molecule has 1 fully saturated rings. The van der Waals surface area contributed by atoms with E-state index in [4.69, 9.17) is 10.5 Å². The summed E-state index contributed by atoms with van der Waals surface area (Å²) in [4.78, 5) is -0.495. The van der Waals surface area contributed by atoms with E-state index in [2.05, 4.69) is 4.72 Å². The Labute approximate surface area is 112 Å². The second-order valence-electron chi connectivity index (χ2n) is 4.50. The first-order chi connectivity index (χ1) is 9.00. The summed E-state index contributed by atoms with van der Waals surface area (Å²) in [6, 6.07) is 3.80. The standard InChI is InChI=1S/C12H17FN2O3S/c13-10-5-3-6-11(14)12(10)19(16,17)15-8-9-4-1-2-7-18-9/h3,5-6,9,15H,1-2,4,7-8,14H2. The summed E-state index contributed by atoms with van der Waals surface area (Å²) in [5, 5.41) is 0. The molecule has 2 rings (SSSR count). The Morgan fingerprint density at radius 3 is 2.84 bits per heavy atom. The van der Waals surface area contributed by atoms with Gasteiger partial charge < -0.3 is 10.5 Å². The number of nitrogens with two attached hydrogens (primary N) is 1. The van der Waals surface area contributed by atoms with Crippen molar-refractivity contribution in [3.63, 3.8) is 0 Å². The van der Waals surface area contributed by atoms with Gasteiger partial charge in [-0.05, 0) is 31.4 Å². The summed E-state index contributed by atoms with van der Waals surface area (Å²) in [5.41, 5.74) is 5.43. The van der Waals surface area contributed by atoms with Gasteiger partial charge in [-0.2, -0.15) is 0 Å². The molecule has 5 nitrogen and oxygen atoms in total. The van der Waals surface area contributed by atoms with E-state index in [0.29, 0.717) is 6.61 Å². The minimum absolute atomic E-state index is 0.0999. The molecule has 1 aliphatic heterocycles. The number of ether oxygens (including phenoxy) is 1. The Kier molecular flexibility index (Phi) is 4.38. The van der Waals surface area contributed by atoms with E-state index < -0.39 is 20.7 Å². The first-order valence-corrected chi connectivity index (χ1v) is 7.64. The fourth-order valence-electron chi connectivity index (χ4n) is 2.05. The highest BCUT2D eigenvalue weighted by Crippen LogP contribution is 2.21. The summed E-state index contributed by atoms with van der Waals surface area (Å²) in [7, 11) is -3.95. The molecule has 7 heteroatoms. The molecule has 1 aromatic carbocycles. The molecule has 0 amide bonds. The molecular weight excluding hydrogens is 271 g/mol. The summed E-state index contributed by atoms with van der Waals surface area (Å²) in [6.07, 6.45) is 2.64. The normalized spacial score (nSPS) is 20.4. The first-order valence-electron chi connectivity index (χ1n) is 6.16. The summed E-state index contributed by atoms with van der Waals surface area (Å²) >= 11 is 0. The number of nitrogens with one attached hydrogen (secondary N) is 1. The second kappa shape index (κ2) is 5.85. The van der Waals surface area contributed by atoms with Gasteiger partial charge in [0.05, 0.1) is 11.8 Å². The number of rotatable bonds is 4. The van der Waals surface area contributed by atoms with Gasteiger partial charge in [-0.15, -0.1) is 0 Å². The lowest BCUT2D eigenvalue weighted by Gasteiger charge is -2.22. The molecule has 1 atom stereocenters. The molecule has 1 unspecified atom stereocenters. The highest BCUT2D eigenvalue weighted by molar-refractivity contribution is 7.89. The lowest BCUT2D eigenvalue weighted by Crippen LogP contribution is -2.36. The van der Waals surface area contributed by atoms with Gasteiger partial charge in [-0.25, -0.2) is 17.5 Å². The molecule has 3 N–H and O–H groups in total. The Morgan fingerprint density at radius 2 is 2.21 bits per heavy atom. The van der Waals surface area contributed by atoms with Crippen LogP contribution in [0, 0.1) is 5.82 Å².